The molecule has 0 atom stereocenters. The molecule has 3 rings (SSSR count). The van der Waals surface area contributed by atoms with Gasteiger partial charge in [-0.1, -0.05) is 13.8 Å². The zero-order valence-corrected chi connectivity index (χ0v) is 14.2. The Bertz CT molecular complexity index is 987. The van der Waals surface area contributed by atoms with Crippen LogP contribution in [0.25, 0.3) is 11.1 Å². The summed E-state index contributed by atoms with van der Waals surface area (Å²) < 4.78 is 19.9. The van der Waals surface area contributed by atoms with E-state index in [1.54, 1.807) is 6.92 Å². The van der Waals surface area contributed by atoms with Crippen molar-refractivity contribution in [1.82, 2.24) is 9.55 Å². The van der Waals surface area contributed by atoms with Crippen LogP contribution in [0.15, 0.2) is 39.8 Å². The molecule has 25 heavy (non-hydrogen) atoms. The van der Waals surface area contributed by atoms with Gasteiger partial charge in [-0.05, 0) is 37.1 Å². The molecule has 1 aromatic carbocycles. The van der Waals surface area contributed by atoms with Crippen molar-refractivity contribution >= 4 is 22.7 Å². The molecule has 0 radical (unpaired) electrons. The number of furan rings is 1. The number of nitrogens with zero attached hydrogens (tertiary/aromatic N) is 2. The van der Waals surface area contributed by atoms with Crippen LogP contribution in [0.3, 0.4) is 0 Å². The third kappa shape index (κ3) is 3.31. The molecule has 0 spiro atoms. The number of carbonyl (C=O) groups excluding carboxylic acids is 1. The van der Waals surface area contributed by atoms with Crippen molar-refractivity contribution in [2.24, 2.45) is 5.92 Å². The van der Waals surface area contributed by atoms with Crippen LogP contribution in [0.5, 0.6) is 0 Å². The molecule has 130 valence electrons. The van der Waals surface area contributed by atoms with Gasteiger partial charge >= 0.3 is 0 Å². The number of nitrogens with one attached hydrogen (secondary N) is 1. The van der Waals surface area contributed by atoms with E-state index in [1.807, 2.05) is 13.8 Å². The quantitative estimate of drug-likeness (QED) is 0.788. The fourth-order valence-electron chi connectivity index (χ4n) is 2.66. The molecular formula is C18H18FN3O3. The van der Waals surface area contributed by atoms with Gasteiger partial charge < -0.3 is 9.73 Å². The lowest BCUT2D eigenvalue weighted by Gasteiger charge is -2.08. The summed E-state index contributed by atoms with van der Waals surface area (Å²) in [5.41, 5.74) is 0.382. The molecule has 0 aliphatic heterocycles. The normalized spacial score (nSPS) is 11.2. The first-order chi connectivity index (χ1) is 11.9. The van der Waals surface area contributed by atoms with Crippen molar-refractivity contribution in [2.45, 2.75) is 27.3 Å². The third-order valence-electron chi connectivity index (χ3n) is 3.75. The minimum absolute atomic E-state index is 0.131. The Morgan fingerprint density at radius 1 is 1.32 bits per heavy atom. The van der Waals surface area contributed by atoms with Crippen LogP contribution in [0.1, 0.15) is 30.0 Å². The maximum atomic E-state index is 13.0. The summed E-state index contributed by atoms with van der Waals surface area (Å²) in [5.74, 6) is -0.337. The Kier molecular flexibility index (Phi) is 4.39. The highest BCUT2D eigenvalue weighted by Crippen LogP contribution is 2.22. The average molecular weight is 343 g/mol. The van der Waals surface area contributed by atoms with Gasteiger partial charge in [-0.15, -0.1) is 0 Å². The SMILES string of the molecule is Cc1oc2ncn(CC(C)C)c(=O)c2c1C(=O)Nc1ccc(F)cc1. The molecule has 6 nitrogen and oxygen atoms in total. The number of benzene rings is 1. The van der Waals surface area contributed by atoms with Crippen LogP contribution in [0.2, 0.25) is 0 Å². The molecule has 0 saturated heterocycles. The third-order valence-corrected chi connectivity index (χ3v) is 3.75. The lowest BCUT2D eigenvalue weighted by atomic mass is 10.1. The summed E-state index contributed by atoms with van der Waals surface area (Å²) in [6.45, 7) is 6.07. The van der Waals surface area contributed by atoms with Gasteiger partial charge in [-0.2, -0.15) is 0 Å². The van der Waals surface area contributed by atoms with Crippen molar-refractivity contribution in [3.8, 4) is 0 Å². The molecule has 1 N–H and O–H groups in total. The molecule has 0 aliphatic carbocycles. The van der Waals surface area contributed by atoms with Crippen LogP contribution < -0.4 is 10.9 Å². The second-order valence-corrected chi connectivity index (χ2v) is 6.27. The largest absolute Gasteiger partial charge is 0.442 e. The minimum atomic E-state index is -0.496. The lowest BCUT2D eigenvalue weighted by Crippen LogP contribution is -2.24. The van der Waals surface area contributed by atoms with Gasteiger partial charge in [-0.25, -0.2) is 9.37 Å². The predicted molar refractivity (Wildman–Crippen MR) is 92.2 cm³/mol. The van der Waals surface area contributed by atoms with E-state index in [2.05, 4.69) is 10.3 Å². The summed E-state index contributed by atoms with van der Waals surface area (Å²) in [4.78, 5) is 29.5. The van der Waals surface area contributed by atoms with Gasteiger partial charge in [0.2, 0.25) is 5.71 Å². The number of aryl methyl sites for hydroxylation is 1. The topological polar surface area (TPSA) is 77.1 Å². The van der Waals surface area contributed by atoms with Crippen LogP contribution in [0, 0.1) is 18.7 Å². The van der Waals surface area contributed by atoms with Crippen molar-refractivity contribution in [2.75, 3.05) is 5.32 Å². The number of aromatic nitrogens is 2. The Labute approximate surface area is 143 Å². The Morgan fingerprint density at radius 2 is 2.00 bits per heavy atom. The standard InChI is InChI=1S/C18H18FN3O3/c1-10(2)8-22-9-20-17-15(18(22)24)14(11(3)25-17)16(23)21-13-6-4-12(19)5-7-13/h4-7,9-10H,8H2,1-3H3,(H,21,23). The molecule has 1 amide bonds. The summed E-state index contributed by atoms with van der Waals surface area (Å²) in [5, 5.41) is 2.80. The first-order valence-electron chi connectivity index (χ1n) is 7.92. The Morgan fingerprint density at radius 3 is 2.64 bits per heavy atom. The monoisotopic (exact) mass is 343 g/mol. The zero-order chi connectivity index (χ0) is 18.1. The zero-order valence-electron chi connectivity index (χ0n) is 14.2. The van der Waals surface area contributed by atoms with E-state index in [0.717, 1.165) is 0 Å². The molecule has 0 unspecified atom stereocenters. The van der Waals surface area contributed by atoms with Gasteiger partial charge in [0.15, 0.2) is 0 Å². The molecule has 2 heterocycles. The summed E-state index contributed by atoms with van der Waals surface area (Å²) in [6.07, 6.45) is 1.43. The van der Waals surface area contributed by atoms with Crippen molar-refractivity contribution in [1.29, 1.82) is 0 Å². The molecule has 0 bridgehead atoms. The number of fused-ring (bicyclic) bond motifs is 1. The summed E-state index contributed by atoms with van der Waals surface area (Å²) >= 11 is 0. The Hall–Kier alpha value is -2.96. The van der Waals surface area contributed by atoms with E-state index in [9.17, 15) is 14.0 Å². The van der Waals surface area contributed by atoms with E-state index in [4.69, 9.17) is 4.42 Å². The van der Waals surface area contributed by atoms with Gasteiger partial charge in [-0.3, -0.25) is 14.2 Å². The van der Waals surface area contributed by atoms with E-state index in [0.29, 0.717) is 18.0 Å². The van der Waals surface area contributed by atoms with Crippen LogP contribution in [-0.2, 0) is 6.54 Å². The molecule has 3 aromatic rings. The number of anilines is 1. The van der Waals surface area contributed by atoms with Crippen LogP contribution >= 0.6 is 0 Å². The maximum Gasteiger partial charge on any atom is 0.265 e. The second-order valence-electron chi connectivity index (χ2n) is 6.27. The molecule has 7 heteroatoms. The van der Waals surface area contributed by atoms with Gasteiger partial charge in [0.05, 0.1) is 5.56 Å². The minimum Gasteiger partial charge on any atom is -0.442 e. The molecule has 0 aliphatic rings. The number of amides is 1. The van der Waals surface area contributed by atoms with Crippen molar-refractivity contribution in [3.05, 3.63) is 58.1 Å². The molecule has 0 fully saturated rings. The maximum absolute atomic E-state index is 13.0. The van der Waals surface area contributed by atoms with Crippen LogP contribution in [-0.4, -0.2) is 15.5 Å². The number of halogens is 1. The van der Waals surface area contributed by atoms with E-state index < -0.39 is 11.7 Å². The number of hydrogen-bond donors (Lipinski definition) is 1. The summed E-state index contributed by atoms with van der Waals surface area (Å²) in [6, 6.07) is 5.38. The van der Waals surface area contributed by atoms with E-state index >= 15 is 0 Å². The highest BCUT2D eigenvalue weighted by molar-refractivity contribution is 6.12. The van der Waals surface area contributed by atoms with Gasteiger partial charge in [0, 0.05) is 12.2 Å². The smallest absolute Gasteiger partial charge is 0.265 e. The highest BCUT2D eigenvalue weighted by atomic mass is 19.1. The van der Waals surface area contributed by atoms with Gasteiger partial charge in [0.1, 0.15) is 23.3 Å². The molecule has 0 saturated carbocycles. The number of rotatable bonds is 4. The van der Waals surface area contributed by atoms with Crippen molar-refractivity contribution in [3.63, 3.8) is 0 Å². The highest BCUT2D eigenvalue weighted by Gasteiger charge is 2.23. The fraction of sp³-hybridized carbons (Fsp3) is 0.278. The number of hydrogen-bond acceptors (Lipinski definition) is 4. The predicted octanol–water partition coefficient (Wildman–Crippen LogP) is 3.35. The lowest BCUT2D eigenvalue weighted by molar-refractivity contribution is 0.102. The summed E-state index contributed by atoms with van der Waals surface area (Å²) in [7, 11) is 0. The second kappa shape index (κ2) is 6.51. The Balaban J connectivity index is 2.05. The van der Waals surface area contributed by atoms with E-state index in [-0.39, 0.29) is 28.1 Å². The number of carbonyl (C=O) groups is 1. The first kappa shape index (κ1) is 16.9. The molecule has 2 aromatic heterocycles. The first-order valence-corrected chi connectivity index (χ1v) is 7.92. The van der Waals surface area contributed by atoms with E-state index in [1.165, 1.54) is 35.2 Å². The average Bonchev–Trinajstić information content (AvgIpc) is 2.89. The van der Waals surface area contributed by atoms with Gasteiger partial charge in [0.25, 0.3) is 11.5 Å². The fourth-order valence-corrected chi connectivity index (χ4v) is 2.66. The van der Waals surface area contributed by atoms with Crippen molar-refractivity contribution < 1.29 is 13.6 Å². The van der Waals surface area contributed by atoms with Crippen LogP contribution in [0.4, 0.5) is 10.1 Å². The molecular weight excluding hydrogens is 325 g/mol.